The summed E-state index contributed by atoms with van der Waals surface area (Å²) >= 11 is 0. The van der Waals surface area contributed by atoms with Crippen molar-refractivity contribution in [1.29, 1.82) is 0 Å². The lowest BCUT2D eigenvalue weighted by atomic mass is 10.0. The molecule has 0 unspecified atom stereocenters. The monoisotopic (exact) mass is 212 g/mol. The second-order valence-electron chi connectivity index (χ2n) is 3.95. The van der Waals surface area contributed by atoms with Gasteiger partial charge in [-0.25, -0.2) is 4.98 Å². The third-order valence-electron chi connectivity index (χ3n) is 2.66. The number of nitrogen functional groups attached to an aromatic ring is 1. The molecule has 0 fully saturated rings. The van der Waals surface area contributed by atoms with Crippen LogP contribution in [0.2, 0.25) is 0 Å². The zero-order valence-electron chi connectivity index (χ0n) is 9.70. The van der Waals surface area contributed by atoms with E-state index in [1.807, 2.05) is 6.07 Å². The van der Waals surface area contributed by atoms with Crippen molar-refractivity contribution in [1.82, 2.24) is 4.98 Å². The van der Waals surface area contributed by atoms with E-state index in [-0.39, 0.29) is 0 Å². The molecule has 1 aromatic carbocycles. The SMILES string of the molecule is CCc1nc(N)ccc1-c1cccc(C)c1. The van der Waals surface area contributed by atoms with E-state index in [9.17, 15) is 0 Å². The van der Waals surface area contributed by atoms with Crippen molar-refractivity contribution >= 4 is 5.82 Å². The highest BCUT2D eigenvalue weighted by Gasteiger charge is 2.05. The number of benzene rings is 1. The predicted octanol–water partition coefficient (Wildman–Crippen LogP) is 3.20. The first-order chi connectivity index (χ1) is 7.70. The number of anilines is 1. The van der Waals surface area contributed by atoms with Crippen molar-refractivity contribution in [2.45, 2.75) is 20.3 Å². The van der Waals surface area contributed by atoms with Crippen LogP contribution in [-0.2, 0) is 6.42 Å². The zero-order chi connectivity index (χ0) is 11.5. The lowest BCUT2D eigenvalue weighted by Crippen LogP contribution is -1.97. The molecule has 0 aliphatic carbocycles. The standard InChI is InChI=1S/C14H16N2/c1-3-13-12(7-8-14(15)16-13)11-6-4-5-10(2)9-11/h4-9H,3H2,1-2H3,(H2,15,16). The number of rotatable bonds is 2. The molecule has 16 heavy (non-hydrogen) atoms. The quantitative estimate of drug-likeness (QED) is 0.830. The van der Waals surface area contributed by atoms with Crippen molar-refractivity contribution in [3.8, 4) is 11.1 Å². The van der Waals surface area contributed by atoms with Crippen LogP contribution in [0, 0.1) is 6.92 Å². The molecule has 0 saturated carbocycles. The fourth-order valence-electron chi connectivity index (χ4n) is 1.86. The Balaban J connectivity index is 2.55. The second-order valence-corrected chi connectivity index (χ2v) is 3.95. The van der Waals surface area contributed by atoms with Crippen LogP contribution in [0.3, 0.4) is 0 Å². The summed E-state index contributed by atoms with van der Waals surface area (Å²) in [5.41, 5.74) is 10.4. The van der Waals surface area contributed by atoms with Crippen LogP contribution < -0.4 is 5.73 Å². The van der Waals surface area contributed by atoms with Crippen LogP contribution in [-0.4, -0.2) is 4.98 Å². The molecular formula is C14H16N2. The average Bonchev–Trinajstić information content (AvgIpc) is 2.28. The summed E-state index contributed by atoms with van der Waals surface area (Å²) in [6, 6.07) is 12.4. The number of nitrogens with two attached hydrogens (primary N) is 1. The van der Waals surface area contributed by atoms with Gasteiger partial charge >= 0.3 is 0 Å². The van der Waals surface area contributed by atoms with E-state index in [2.05, 4.69) is 49.2 Å². The minimum absolute atomic E-state index is 0.591. The van der Waals surface area contributed by atoms with Crippen molar-refractivity contribution in [3.05, 3.63) is 47.7 Å². The first-order valence-electron chi connectivity index (χ1n) is 5.53. The molecule has 2 nitrogen and oxygen atoms in total. The normalized spacial score (nSPS) is 10.4. The second kappa shape index (κ2) is 4.35. The van der Waals surface area contributed by atoms with Crippen LogP contribution in [0.25, 0.3) is 11.1 Å². The third kappa shape index (κ3) is 2.06. The topological polar surface area (TPSA) is 38.9 Å². The van der Waals surface area contributed by atoms with E-state index in [0.29, 0.717) is 5.82 Å². The average molecular weight is 212 g/mol. The molecule has 0 bridgehead atoms. The largest absolute Gasteiger partial charge is 0.384 e. The van der Waals surface area contributed by atoms with Crippen molar-refractivity contribution in [2.24, 2.45) is 0 Å². The van der Waals surface area contributed by atoms with Gasteiger partial charge in [-0.2, -0.15) is 0 Å². The maximum atomic E-state index is 5.70. The molecule has 0 saturated heterocycles. The third-order valence-corrected chi connectivity index (χ3v) is 2.66. The predicted molar refractivity (Wildman–Crippen MR) is 68.2 cm³/mol. The molecule has 2 rings (SSSR count). The summed E-state index contributed by atoms with van der Waals surface area (Å²) in [7, 11) is 0. The molecule has 1 heterocycles. The van der Waals surface area contributed by atoms with Crippen molar-refractivity contribution in [2.75, 3.05) is 5.73 Å². The summed E-state index contributed by atoms with van der Waals surface area (Å²) in [4.78, 5) is 4.38. The molecule has 0 amide bonds. The summed E-state index contributed by atoms with van der Waals surface area (Å²) in [6.45, 7) is 4.20. The highest BCUT2D eigenvalue weighted by atomic mass is 14.8. The minimum Gasteiger partial charge on any atom is -0.384 e. The smallest absolute Gasteiger partial charge is 0.123 e. The Morgan fingerprint density at radius 1 is 1.19 bits per heavy atom. The van der Waals surface area contributed by atoms with Gasteiger partial charge in [0.25, 0.3) is 0 Å². The maximum Gasteiger partial charge on any atom is 0.123 e. The molecule has 0 radical (unpaired) electrons. The maximum absolute atomic E-state index is 5.70. The first-order valence-corrected chi connectivity index (χ1v) is 5.53. The van der Waals surface area contributed by atoms with E-state index in [1.54, 1.807) is 0 Å². The minimum atomic E-state index is 0.591. The highest BCUT2D eigenvalue weighted by Crippen LogP contribution is 2.24. The van der Waals surface area contributed by atoms with Crippen LogP contribution in [0.5, 0.6) is 0 Å². The van der Waals surface area contributed by atoms with Crippen LogP contribution in [0.1, 0.15) is 18.2 Å². The molecule has 0 spiro atoms. The molecular weight excluding hydrogens is 196 g/mol. The summed E-state index contributed by atoms with van der Waals surface area (Å²) in [5, 5.41) is 0. The van der Waals surface area contributed by atoms with Gasteiger partial charge in [-0.15, -0.1) is 0 Å². The van der Waals surface area contributed by atoms with Gasteiger partial charge in [0.15, 0.2) is 0 Å². The van der Waals surface area contributed by atoms with Crippen LogP contribution in [0.4, 0.5) is 5.82 Å². The Bertz CT molecular complexity index is 504. The molecule has 2 heteroatoms. The Kier molecular flexibility index (Phi) is 2.91. The molecule has 2 N–H and O–H groups in total. The number of hydrogen-bond donors (Lipinski definition) is 1. The number of nitrogens with zero attached hydrogens (tertiary/aromatic N) is 1. The van der Waals surface area contributed by atoms with Crippen LogP contribution in [0.15, 0.2) is 36.4 Å². The molecule has 82 valence electrons. The van der Waals surface area contributed by atoms with E-state index in [1.165, 1.54) is 16.7 Å². The molecule has 0 atom stereocenters. The van der Waals surface area contributed by atoms with Crippen molar-refractivity contribution < 1.29 is 0 Å². The van der Waals surface area contributed by atoms with E-state index >= 15 is 0 Å². The van der Waals surface area contributed by atoms with Gasteiger partial charge in [-0.3, -0.25) is 0 Å². The van der Waals surface area contributed by atoms with Gasteiger partial charge in [0.1, 0.15) is 5.82 Å². The summed E-state index contributed by atoms with van der Waals surface area (Å²) in [6.07, 6.45) is 0.897. The van der Waals surface area contributed by atoms with Crippen LogP contribution >= 0.6 is 0 Å². The van der Waals surface area contributed by atoms with Gasteiger partial charge in [0.05, 0.1) is 5.69 Å². The fourth-order valence-corrected chi connectivity index (χ4v) is 1.86. The fraction of sp³-hybridized carbons (Fsp3) is 0.214. The molecule has 0 aliphatic heterocycles. The van der Waals surface area contributed by atoms with Gasteiger partial charge < -0.3 is 5.73 Å². The Labute approximate surface area is 96.1 Å². The molecule has 2 aromatic rings. The summed E-state index contributed by atoms with van der Waals surface area (Å²) < 4.78 is 0. The number of aromatic nitrogens is 1. The van der Waals surface area contributed by atoms with Gasteiger partial charge in [0.2, 0.25) is 0 Å². The Morgan fingerprint density at radius 2 is 2.00 bits per heavy atom. The zero-order valence-corrected chi connectivity index (χ0v) is 9.70. The van der Waals surface area contributed by atoms with E-state index < -0.39 is 0 Å². The Hall–Kier alpha value is -1.83. The number of pyridine rings is 1. The number of aryl methyl sites for hydroxylation is 2. The Morgan fingerprint density at radius 3 is 2.69 bits per heavy atom. The van der Waals surface area contributed by atoms with Gasteiger partial charge in [0, 0.05) is 5.56 Å². The first kappa shape index (κ1) is 10.7. The molecule has 0 aliphatic rings. The molecule has 1 aromatic heterocycles. The number of hydrogen-bond acceptors (Lipinski definition) is 2. The lowest BCUT2D eigenvalue weighted by Gasteiger charge is -2.08. The summed E-state index contributed by atoms with van der Waals surface area (Å²) in [5.74, 6) is 0.591. The van der Waals surface area contributed by atoms with E-state index in [0.717, 1.165) is 12.1 Å². The lowest BCUT2D eigenvalue weighted by molar-refractivity contribution is 1.04. The van der Waals surface area contributed by atoms with E-state index in [4.69, 9.17) is 5.73 Å². The van der Waals surface area contributed by atoms with Crippen molar-refractivity contribution in [3.63, 3.8) is 0 Å². The van der Waals surface area contributed by atoms with Gasteiger partial charge in [-0.05, 0) is 31.0 Å². The van der Waals surface area contributed by atoms with Gasteiger partial charge in [-0.1, -0.05) is 36.8 Å². The highest BCUT2D eigenvalue weighted by molar-refractivity contribution is 5.67.